The van der Waals surface area contributed by atoms with Gasteiger partial charge in [0.05, 0.1) is 6.20 Å². The number of nitrogen functional groups attached to an aromatic ring is 1. The van der Waals surface area contributed by atoms with E-state index in [0.29, 0.717) is 22.8 Å². The van der Waals surface area contributed by atoms with Crippen LogP contribution in [0.25, 0.3) is 12.2 Å². The van der Waals surface area contributed by atoms with Crippen LogP contribution in [0.4, 0.5) is 10.1 Å². The Hall–Kier alpha value is -3.94. The number of hydrogen-bond donors (Lipinski definition) is 1. The maximum absolute atomic E-state index is 13.8. The second-order valence-electron chi connectivity index (χ2n) is 7.35. The Morgan fingerprint density at radius 2 is 1.97 bits per heavy atom. The van der Waals surface area contributed by atoms with E-state index in [1.165, 1.54) is 17.9 Å². The highest BCUT2D eigenvalue weighted by atomic mass is 19.1. The summed E-state index contributed by atoms with van der Waals surface area (Å²) in [6.07, 6.45) is 11.4. The summed E-state index contributed by atoms with van der Waals surface area (Å²) in [5.41, 5.74) is 8.27. The van der Waals surface area contributed by atoms with Crippen molar-refractivity contribution in [3.05, 3.63) is 89.7 Å². The number of nitrogens with two attached hydrogens (primary N) is 1. The lowest BCUT2D eigenvalue weighted by Gasteiger charge is -2.06. The van der Waals surface area contributed by atoms with Gasteiger partial charge in [0.1, 0.15) is 30.1 Å². The van der Waals surface area contributed by atoms with E-state index in [1.807, 2.05) is 23.0 Å². The number of halogens is 1. The van der Waals surface area contributed by atoms with E-state index < -0.39 is 5.82 Å². The Kier molecular flexibility index (Phi) is 6.91. The fourth-order valence-electron chi connectivity index (χ4n) is 3.17. The molecule has 164 valence electrons. The number of rotatable bonds is 10. The molecule has 4 rings (SSSR count). The molecule has 0 aliphatic rings. The zero-order valence-corrected chi connectivity index (χ0v) is 17.5. The number of nitrogens with zero attached hydrogens (tertiary/aromatic N) is 4. The number of aromatic nitrogens is 4. The minimum atomic E-state index is -0.394. The van der Waals surface area contributed by atoms with Gasteiger partial charge < -0.3 is 14.9 Å². The lowest BCUT2D eigenvalue weighted by molar-refractivity contribution is 0.301. The van der Waals surface area contributed by atoms with Gasteiger partial charge in [-0.1, -0.05) is 17.3 Å². The van der Waals surface area contributed by atoms with E-state index in [-0.39, 0.29) is 6.61 Å². The lowest BCUT2D eigenvalue weighted by Crippen LogP contribution is -1.99. The molecule has 0 amide bonds. The van der Waals surface area contributed by atoms with Gasteiger partial charge in [0.25, 0.3) is 0 Å². The summed E-state index contributed by atoms with van der Waals surface area (Å²) in [6.45, 7) is 1.16. The molecule has 0 radical (unpaired) electrons. The van der Waals surface area contributed by atoms with Crippen LogP contribution in [0.5, 0.6) is 5.75 Å². The van der Waals surface area contributed by atoms with E-state index in [0.717, 1.165) is 31.6 Å². The molecule has 4 aromatic rings. The van der Waals surface area contributed by atoms with Gasteiger partial charge in [0.2, 0.25) is 5.89 Å². The van der Waals surface area contributed by atoms with Crippen molar-refractivity contribution in [3.63, 3.8) is 0 Å². The highest BCUT2D eigenvalue weighted by Crippen LogP contribution is 2.17. The van der Waals surface area contributed by atoms with Crippen molar-refractivity contribution >= 4 is 17.8 Å². The normalized spacial score (nSPS) is 11.3. The topological polar surface area (TPSA) is 92.0 Å². The van der Waals surface area contributed by atoms with Crippen molar-refractivity contribution in [1.82, 2.24) is 20.0 Å². The Morgan fingerprint density at radius 3 is 2.75 bits per heavy atom. The average molecular weight is 433 g/mol. The summed E-state index contributed by atoms with van der Waals surface area (Å²) in [5, 5.41) is 7.77. The van der Waals surface area contributed by atoms with Gasteiger partial charge in [-0.2, -0.15) is 0 Å². The molecular formula is C24H24FN5O2. The minimum absolute atomic E-state index is 0.283. The third-order valence-electron chi connectivity index (χ3n) is 4.88. The molecule has 2 aromatic heterocycles. The van der Waals surface area contributed by atoms with Crippen molar-refractivity contribution in [2.75, 3.05) is 5.73 Å². The molecule has 2 N–H and O–H groups in total. The van der Waals surface area contributed by atoms with E-state index in [1.54, 1.807) is 30.5 Å². The summed E-state index contributed by atoms with van der Waals surface area (Å²) < 4.78 is 26.9. The second-order valence-corrected chi connectivity index (χ2v) is 7.35. The van der Waals surface area contributed by atoms with Gasteiger partial charge in [-0.15, -0.1) is 5.10 Å². The fraction of sp³-hybridized carbons (Fsp3) is 0.208. The first-order valence-electron chi connectivity index (χ1n) is 10.4. The summed E-state index contributed by atoms with van der Waals surface area (Å²) in [5.74, 6) is 0.747. The van der Waals surface area contributed by atoms with Crippen LogP contribution < -0.4 is 10.5 Å². The summed E-state index contributed by atoms with van der Waals surface area (Å²) in [7, 11) is 0. The standard InChI is InChI=1S/C24H24FN5O2/c25-23-15-20(26)8-6-19(23)7-11-24-28-21(17-32-24)16-31-22-9-4-18(5-10-22)3-1-2-13-30-14-12-27-29-30/h4-12,14-15,17H,1-3,13,16,26H2. The Labute approximate surface area is 185 Å². The lowest BCUT2D eigenvalue weighted by atomic mass is 10.1. The van der Waals surface area contributed by atoms with E-state index in [4.69, 9.17) is 14.9 Å². The van der Waals surface area contributed by atoms with Crippen molar-refractivity contribution in [2.24, 2.45) is 0 Å². The molecule has 8 heteroatoms. The molecular weight excluding hydrogens is 409 g/mol. The molecule has 0 bridgehead atoms. The Bertz CT molecular complexity index is 1150. The predicted octanol–water partition coefficient (Wildman–Crippen LogP) is 4.76. The van der Waals surface area contributed by atoms with Crippen LogP contribution in [0.3, 0.4) is 0 Å². The molecule has 0 aliphatic carbocycles. The Morgan fingerprint density at radius 1 is 1.09 bits per heavy atom. The van der Waals surface area contributed by atoms with Gasteiger partial charge >= 0.3 is 0 Å². The molecule has 0 spiro atoms. The van der Waals surface area contributed by atoms with E-state index in [2.05, 4.69) is 27.4 Å². The van der Waals surface area contributed by atoms with Crippen LogP contribution in [-0.2, 0) is 19.6 Å². The summed E-state index contributed by atoms with van der Waals surface area (Å²) in [4.78, 5) is 4.34. The number of hydrogen-bond acceptors (Lipinski definition) is 6. The molecule has 0 aliphatic heterocycles. The molecule has 0 unspecified atom stereocenters. The number of anilines is 1. The SMILES string of the molecule is Nc1ccc(C=Cc2nc(COc3ccc(CCCCn4ccnn4)cc3)co2)c(F)c1. The van der Waals surface area contributed by atoms with Crippen LogP contribution in [0.1, 0.15) is 35.6 Å². The maximum Gasteiger partial charge on any atom is 0.218 e. The number of ether oxygens (including phenoxy) is 1. The molecule has 2 aromatic carbocycles. The van der Waals surface area contributed by atoms with Gasteiger partial charge in [-0.05, 0) is 61.2 Å². The quantitative estimate of drug-likeness (QED) is 0.286. The average Bonchev–Trinajstić information content (AvgIpc) is 3.48. The molecule has 0 atom stereocenters. The molecule has 7 nitrogen and oxygen atoms in total. The van der Waals surface area contributed by atoms with Crippen molar-refractivity contribution in [3.8, 4) is 5.75 Å². The monoisotopic (exact) mass is 433 g/mol. The first kappa shape index (κ1) is 21.3. The van der Waals surface area contributed by atoms with E-state index >= 15 is 0 Å². The van der Waals surface area contributed by atoms with Gasteiger partial charge in [-0.3, -0.25) is 4.68 Å². The smallest absolute Gasteiger partial charge is 0.218 e. The van der Waals surface area contributed by atoms with Gasteiger partial charge in [0, 0.05) is 30.1 Å². The predicted molar refractivity (Wildman–Crippen MR) is 120 cm³/mol. The van der Waals surface area contributed by atoms with Crippen LogP contribution >= 0.6 is 0 Å². The van der Waals surface area contributed by atoms with Crippen LogP contribution in [0.2, 0.25) is 0 Å². The van der Waals surface area contributed by atoms with Crippen molar-refractivity contribution in [1.29, 1.82) is 0 Å². The summed E-state index contributed by atoms with van der Waals surface area (Å²) in [6, 6.07) is 12.6. The molecule has 32 heavy (non-hydrogen) atoms. The first-order valence-corrected chi connectivity index (χ1v) is 10.4. The highest BCUT2D eigenvalue weighted by Gasteiger charge is 2.04. The molecule has 2 heterocycles. The number of oxazole rings is 1. The van der Waals surface area contributed by atoms with Gasteiger partial charge in [-0.25, -0.2) is 9.37 Å². The van der Waals surface area contributed by atoms with Crippen LogP contribution in [0.15, 0.2) is 65.5 Å². The highest BCUT2D eigenvalue weighted by molar-refractivity contribution is 5.67. The van der Waals surface area contributed by atoms with E-state index in [9.17, 15) is 4.39 Å². The fourth-order valence-corrected chi connectivity index (χ4v) is 3.17. The van der Waals surface area contributed by atoms with Crippen molar-refractivity contribution < 1.29 is 13.5 Å². The molecule has 0 saturated heterocycles. The second kappa shape index (κ2) is 10.4. The van der Waals surface area contributed by atoms with Crippen LogP contribution in [0, 0.1) is 5.82 Å². The summed E-state index contributed by atoms with van der Waals surface area (Å²) >= 11 is 0. The minimum Gasteiger partial charge on any atom is -0.487 e. The zero-order valence-electron chi connectivity index (χ0n) is 17.5. The zero-order chi connectivity index (χ0) is 22.2. The van der Waals surface area contributed by atoms with Crippen molar-refractivity contribution in [2.45, 2.75) is 32.4 Å². The molecule has 0 fully saturated rings. The Balaban J connectivity index is 1.22. The molecule has 0 saturated carbocycles. The van der Waals surface area contributed by atoms with Crippen LogP contribution in [-0.4, -0.2) is 20.0 Å². The number of unbranched alkanes of at least 4 members (excludes halogenated alkanes) is 1. The number of benzene rings is 2. The van der Waals surface area contributed by atoms with Gasteiger partial charge in [0.15, 0.2) is 0 Å². The number of aryl methyl sites for hydroxylation is 2. The largest absolute Gasteiger partial charge is 0.487 e. The third-order valence-corrected chi connectivity index (χ3v) is 4.88. The first-order chi connectivity index (χ1) is 15.7. The maximum atomic E-state index is 13.8. The third kappa shape index (κ3) is 6.04.